The number of piperidine rings is 1. The predicted molar refractivity (Wildman–Crippen MR) is 111 cm³/mol. The summed E-state index contributed by atoms with van der Waals surface area (Å²) in [7, 11) is 0. The van der Waals surface area contributed by atoms with Gasteiger partial charge in [-0.05, 0) is 51.7 Å². The zero-order valence-corrected chi connectivity index (χ0v) is 17.1. The molecule has 1 aromatic heterocycles. The number of nitrogens with zero attached hydrogens (tertiary/aromatic N) is 2. The third-order valence-electron chi connectivity index (χ3n) is 5.20. The van der Waals surface area contributed by atoms with Crippen LogP contribution in [0.2, 0.25) is 0 Å². The third-order valence-corrected chi connectivity index (χ3v) is 5.20. The van der Waals surface area contributed by atoms with Gasteiger partial charge < -0.3 is 25.8 Å². The topological polar surface area (TPSA) is 118 Å². The number of nitrogens with one attached hydrogen (secondary N) is 1. The van der Waals surface area contributed by atoms with E-state index in [1.54, 1.807) is 19.1 Å². The normalized spacial score (nSPS) is 15.0. The Hall–Kier alpha value is -3.03. The van der Waals surface area contributed by atoms with E-state index in [1.165, 1.54) is 0 Å². The van der Waals surface area contributed by atoms with Gasteiger partial charge in [-0.2, -0.15) is 0 Å². The van der Waals surface area contributed by atoms with Crippen molar-refractivity contribution in [3.8, 4) is 5.75 Å². The minimum atomic E-state index is -1.10. The van der Waals surface area contributed by atoms with Crippen molar-refractivity contribution < 1.29 is 19.4 Å². The molecule has 8 nitrogen and oxygen atoms in total. The molecule has 3 rings (SSSR count). The molecule has 1 fully saturated rings. The van der Waals surface area contributed by atoms with Crippen molar-refractivity contribution in [3.05, 3.63) is 29.5 Å². The zero-order chi connectivity index (χ0) is 21.1. The number of benzene rings is 1. The highest BCUT2D eigenvalue weighted by molar-refractivity contribution is 6.06. The lowest BCUT2D eigenvalue weighted by atomic mass is 9.98. The van der Waals surface area contributed by atoms with Crippen LogP contribution in [0.3, 0.4) is 0 Å². The number of aromatic carboxylic acids is 1. The van der Waals surface area contributed by atoms with E-state index in [1.807, 2.05) is 24.8 Å². The number of likely N-dealkylation sites (tertiary alicyclic amines) is 1. The number of aryl methyl sites for hydroxylation is 1. The lowest BCUT2D eigenvalue weighted by Gasteiger charge is -2.32. The van der Waals surface area contributed by atoms with Gasteiger partial charge >= 0.3 is 12.0 Å². The summed E-state index contributed by atoms with van der Waals surface area (Å²) in [6.07, 6.45) is 1.70. The first-order valence-corrected chi connectivity index (χ1v) is 9.88. The highest BCUT2D eigenvalue weighted by atomic mass is 16.5. The summed E-state index contributed by atoms with van der Waals surface area (Å²) in [5, 5.41) is 12.9. The second-order valence-corrected chi connectivity index (χ2v) is 7.79. The number of carbonyl (C=O) groups is 2. The van der Waals surface area contributed by atoms with Gasteiger partial charge in [-0.15, -0.1) is 0 Å². The van der Waals surface area contributed by atoms with Crippen LogP contribution >= 0.6 is 0 Å². The molecular formula is C21H28N4O4. The van der Waals surface area contributed by atoms with E-state index in [0.717, 1.165) is 12.8 Å². The number of carboxylic acid groups (broad SMARTS) is 1. The van der Waals surface area contributed by atoms with Crippen LogP contribution in [0.25, 0.3) is 10.9 Å². The van der Waals surface area contributed by atoms with Crippen LogP contribution in [0, 0.1) is 12.8 Å². The molecule has 8 heteroatoms. The van der Waals surface area contributed by atoms with E-state index >= 15 is 0 Å². The van der Waals surface area contributed by atoms with Gasteiger partial charge in [-0.3, -0.25) is 4.98 Å². The molecular weight excluding hydrogens is 372 g/mol. The number of rotatable bonds is 5. The minimum Gasteiger partial charge on any atom is -0.493 e. The second-order valence-electron chi connectivity index (χ2n) is 7.79. The number of hydrogen-bond acceptors (Lipinski definition) is 5. The lowest BCUT2D eigenvalue weighted by molar-refractivity contribution is 0.0697. The Bertz CT molecular complexity index is 921. The van der Waals surface area contributed by atoms with E-state index in [9.17, 15) is 14.7 Å². The van der Waals surface area contributed by atoms with Gasteiger partial charge in [0.1, 0.15) is 11.3 Å². The first kappa shape index (κ1) is 20.7. The molecule has 2 amide bonds. The first-order chi connectivity index (χ1) is 13.8. The van der Waals surface area contributed by atoms with Gasteiger partial charge in [0.05, 0.1) is 28.9 Å². The molecule has 0 bridgehead atoms. The lowest BCUT2D eigenvalue weighted by Crippen LogP contribution is -2.47. The summed E-state index contributed by atoms with van der Waals surface area (Å²) in [4.78, 5) is 29.9. The number of aromatic nitrogens is 1. The Morgan fingerprint density at radius 2 is 2.03 bits per heavy atom. The molecule has 0 aliphatic carbocycles. The molecule has 0 atom stereocenters. The van der Waals surface area contributed by atoms with E-state index in [2.05, 4.69) is 10.3 Å². The van der Waals surface area contributed by atoms with E-state index in [4.69, 9.17) is 10.5 Å². The highest BCUT2D eigenvalue weighted by Crippen LogP contribution is 2.34. The zero-order valence-electron chi connectivity index (χ0n) is 17.1. The average molecular weight is 400 g/mol. The van der Waals surface area contributed by atoms with Gasteiger partial charge in [0.15, 0.2) is 0 Å². The number of carboxylic acids is 1. The largest absolute Gasteiger partial charge is 0.493 e. The highest BCUT2D eigenvalue weighted by Gasteiger charge is 2.24. The molecule has 2 heterocycles. The molecule has 2 aromatic rings. The fraction of sp³-hybridized carbons (Fsp3) is 0.476. The summed E-state index contributed by atoms with van der Waals surface area (Å²) < 4.78 is 6.04. The van der Waals surface area contributed by atoms with Gasteiger partial charge in [-0.1, -0.05) is 6.07 Å². The number of urea groups is 1. The Kier molecular flexibility index (Phi) is 6.10. The van der Waals surface area contributed by atoms with Gasteiger partial charge in [0.2, 0.25) is 0 Å². The second kappa shape index (κ2) is 8.55. The molecule has 0 spiro atoms. The molecule has 0 saturated carbocycles. The van der Waals surface area contributed by atoms with Gasteiger partial charge in [-0.25, -0.2) is 9.59 Å². The molecule has 156 valence electrons. The standard InChI is InChI=1S/C21H28N4O4/c1-12(2)23-21(28)25-9-7-14(8-10-25)11-29-16-6-4-5-15-18(16)19(22)17(20(26)27)13(3)24-15/h4-6,12,14H,7-11H2,1-3H3,(H2,22,24)(H,23,28)(H,26,27). The Labute approximate surface area is 170 Å². The molecule has 0 unspecified atom stereocenters. The van der Waals surface area contributed by atoms with Crippen molar-refractivity contribution in [1.82, 2.24) is 15.2 Å². The maximum atomic E-state index is 12.1. The van der Waals surface area contributed by atoms with Crippen LogP contribution in [0.5, 0.6) is 5.75 Å². The molecule has 1 aliphatic rings. The van der Waals surface area contributed by atoms with Crippen LogP contribution in [0.4, 0.5) is 10.5 Å². The van der Waals surface area contributed by atoms with Crippen molar-refractivity contribution >= 4 is 28.6 Å². The number of hydrogen-bond donors (Lipinski definition) is 3. The number of carbonyl (C=O) groups excluding carboxylic acids is 1. The van der Waals surface area contributed by atoms with Crippen molar-refractivity contribution in [1.29, 1.82) is 0 Å². The monoisotopic (exact) mass is 400 g/mol. The smallest absolute Gasteiger partial charge is 0.339 e. The molecule has 29 heavy (non-hydrogen) atoms. The van der Waals surface area contributed by atoms with Crippen LogP contribution in [0.15, 0.2) is 18.2 Å². The van der Waals surface area contributed by atoms with Gasteiger partial charge in [0, 0.05) is 19.1 Å². The Morgan fingerprint density at radius 3 is 2.66 bits per heavy atom. The molecule has 1 aromatic carbocycles. The number of nitrogen functional groups attached to an aromatic ring is 1. The maximum absolute atomic E-state index is 12.1. The molecule has 0 radical (unpaired) electrons. The van der Waals surface area contributed by atoms with Crippen LogP contribution in [0.1, 0.15) is 42.7 Å². The SMILES string of the molecule is Cc1nc2cccc(OCC3CCN(C(=O)NC(C)C)CC3)c2c(N)c1C(=O)O. The number of pyridine rings is 1. The summed E-state index contributed by atoms with van der Waals surface area (Å²) in [6, 6.07) is 5.50. The van der Waals surface area contributed by atoms with Crippen molar-refractivity contribution in [2.24, 2.45) is 5.92 Å². The predicted octanol–water partition coefficient (Wildman–Crippen LogP) is 3.03. The van der Waals surface area contributed by atoms with Crippen LogP contribution < -0.4 is 15.8 Å². The van der Waals surface area contributed by atoms with Crippen LogP contribution in [-0.4, -0.2) is 52.7 Å². The van der Waals surface area contributed by atoms with Crippen molar-refractivity contribution in [2.75, 3.05) is 25.4 Å². The molecule has 4 N–H and O–H groups in total. The summed E-state index contributed by atoms with van der Waals surface area (Å²) in [5.74, 6) is -0.252. The third kappa shape index (κ3) is 4.52. The average Bonchev–Trinajstić information content (AvgIpc) is 2.65. The van der Waals surface area contributed by atoms with Crippen molar-refractivity contribution in [3.63, 3.8) is 0 Å². The Morgan fingerprint density at radius 1 is 1.34 bits per heavy atom. The number of nitrogens with two attached hydrogens (primary N) is 1. The summed E-state index contributed by atoms with van der Waals surface area (Å²) in [6.45, 7) is 7.38. The first-order valence-electron chi connectivity index (χ1n) is 9.88. The quantitative estimate of drug-likeness (QED) is 0.710. The maximum Gasteiger partial charge on any atom is 0.339 e. The van der Waals surface area contributed by atoms with E-state index < -0.39 is 5.97 Å². The molecule has 1 aliphatic heterocycles. The number of amides is 2. The fourth-order valence-corrected chi connectivity index (χ4v) is 3.68. The van der Waals surface area contributed by atoms with E-state index in [-0.39, 0.29) is 23.3 Å². The number of fused-ring (bicyclic) bond motifs is 1. The number of ether oxygens (including phenoxy) is 1. The Balaban J connectivity index is 1.70. The van der Waals surface area contributed by atoms with E-state index in [0.29, 0.717) is 48.0 Å². The van der Waals surface area contributed by atoms with Crippen LogP contribution in [-0.2, 0) is 0 Å². The number of anilines is 1. The summed E-state index contributed by atoms with van der Waals surface area (Å²) in [5.41, 5.74) is 7.35. The van der Waals surface area contributed by atoms with Crippen molar-refractivity contribution in [2.45, 2.75) is 39.7 Å². The molecule has 1 saturated heterocycles. The summed E-state index contributed by atoms with van der Waals surface area (Å²) >= 11 is 0. The van der Waals surface area contributed by atoms with Gasteiger partial charge in [0.25, 0.3) is 0 Å². The fourth-order valence-electron chi connectivity index (χ4n) is 3.68. The minimum absolute atomic E-state index is 0.0121.